The molecule has 0 fully saturated rings. The zero-order valence-electron chi connectivity index (χ0n) is 15.7. The molecule has 0 aliphatic heterocycles. The Morgan fingerprint density at radius 3 is 1.62 bits per heavy atom. The molecule has 0 radical (unpaired) electrons. The molecule has 0 aliphatic rings. The first-order valence-electron chi connectivity index (χ1n) is 8.09. The van der Waals surface area contributed by atoms with Gasteiger partial charge < -0.3 is 4.55 Å². The van der Waals surface area contributed by atoms with Crippen molar-refractivity contribution in [3.05, 3.63) is 41.0 Å². The van der Waals surface area contributed by atoms with Gasteiger partial charge in [-0.15, -0.1) is 0 Å². The van der Waals surface area contributed by atoms with Gasteiger partial charge in [0.15, 0.2) is 0 Å². The van der Waals surface area contributed by atoms with Crippen LogP contribution in [-0.4, -0.2) is 13.0 Å². The van der Waals surface area contributed by atoms with E-state index < -0.39 is 10.1 Å². The van der Waals surface area contributed by atoms with Crippen molar-refractivity contribution >= 4 is 20.9 Å². The zero-order valence-corrected chi connectivity index (χ0v) is 18.5. The van der Waals surface area contributed by atoms with Crippen molar-refractivity contribution in [2.24, 2.45) is 0 Å². The molecule has 0 heterocycles. The molecule has 0 saturated carbocycles. The number of hydrogen-bond acceptors (Lipinski definition) is 3. The molecule has 0 amide bonds. The van der Waals surface area contributed by atoms with Crippen LogP contribution in [0.5, 0.6) is 0 Å². The summed E-state index contributed by atoms with van der Waals surface area (Å²) < 4.78 is 34.5. The standard InChI is InChI=1S/C19H26O3S.Na/c1-11(2)16-8-14-7-15(23(20,21)22)9-17(12(3)4)19(14)10-18(16)13(5)6;/h7-13H,1-6H3,(H,20,21,22);/q;+1/p-1. The second kappa shape index (κ2) is 7.88. The predicted molar refractivity (Wildman–Crippen MR) is 94.2 cm³/mol. The summed E-state index contributed by atoms with van der Waals surface area (Å²) in [6.45, 7) is 12.6. The van der Waals surface area contributed by atoms with Gasteiger partial charge in [0.25, 0.3) is 0 Å². The van der Waals surface area contributed by atoms with Gasteiger partial charge >= 0.3 is 29.6 Å². The molecule has 126 valence electrons. The average Bonchev–Trinajstić information content (AvgIpc) is 2.43. The summed E-state index contributed by atoms with van der Waals surface area (Å²) in [6.07, 6.45) is 0. The maximum atomic E-state index is 11.5. The second-order valence-electron chi connectivity index (χ2n) is 7.13. The smallest absolute Gasteiger partial charge is 0.744 e. The largest absolute Gasteiger partial charge is 1.00 e. The predicted octanol–water partition coefficient (Wildman–Crippen LogP) is 2.12. The fourth-order valence-electron chi connectivity index (χ4n) is 3.07. The monoisotopic (exact) mass is 356 g/mol. The third kappa shape index (κ3) is 4.41. The molecular formula is C19H25NaO3S. The Hall–Kier alpha value is -0.390. The third-order valence-corrected chi connectivity index (χ3v) is 5.13. The quantitative estimate of drug-likeness (QED) is 0.623. The summed E-state index contributed by atoms with van der Waals surface area (Å²) in [5.41, 5.74) is 3.41. The van der Waals surface area contributed by atoms with E-state index >= 15 is 0 Å². The van der Waals surface area contributed by atoms with E-state index in [0.717, 1.165) is 16.3 Å². The van der Waals surface area contributed by atoms with E-state index in [1.54, 1.807) is 0 Å². The van der Waals surface area contributed by atoms with Crippen molar-refractivity contribution in [2.45, 2.75) is 64.2 Å². The number of rotatable bonds is 4. The van der Waals surface area contributed by atoms with Crippen LogP contribution in [-0.2, 0) is 10.1 Å². The molecule has 2 aromatic carbocycles. The van der Waals surface area contributed by atoms with Crippen LogP contribution in [0.3, 0.4) is 0 Å². The molecule has 2 rings (SSSR count). The fraction of sp³-hybridized carbons (Fsp3) is 0.474. The molecule has 0 saturated heterocycles. The second-order valence-corrected chi connectivity index (χ2v) is 8.51. The van der Waals surface area contributed by atoms with E-state index in [9.17, 15) is 13.0 Å². The minimum atomic E-state index is -4.46. The first kappa shape index (κ1) is 21.7. The maximum Gasteiger partial charge on any atom is 1.00 e. The Morgan fingerprint density at radius 2 is 1.21 bits per heavy atom. The molecule has 0 spiro atoms. The van der Waals surface area contributed by atoms with Crippen molar-refractivity contribution < 1.29 is 42.5 Å². The number of fused-ring (bicyclic) bond motifs is 1. The summed E-state index contributed by atoms with van der Waals surface area (Å²) in [5.74, 6) is 0.871. The first-order chi connectivity index (χ1) is 10.5. The van der Waals surface area contributed by atoms with Crippen LogP contribution in [0.4, 0.5) is 0 Å². The summed E-state index contributed by atoms with van der Waals surface area (Å²) >= 11 is 0. The molecule has 3 nitrogen and oxygen atoms in total. The van der Waals surface area contributed by atoms with Gasteiger partial charge in [-0.3, -0.25) is 0 Å². The normalized spacial score (nSPS) is 12.2. The zero-order chi connectivity index (χ0) is 17.5. The molecule has 0 aliphatic carbocycles. The van der Waals surface area contributed by atoms with E-state index in [1.165, 1.54) is 23.3 Å². The van der Waals surface area contributed by atoms with Crippen molar-refractivity contribution in [3.8, 4) is 0 Å². The molecule has 0 bridgehead atoms. The van der Waals surface area contributed by atoms with Crippen LogP contribution < -0.4 is 29.6 Å². The van der Waals surface area contributed by atoms with Crippen molar-refractivity contribution in [3.63, 3.8) is 0 Å². The number of hydrogen-bond donors (Lipinski definition) is 0. The van der Waals surface area contributed by atoms with E-state index in [1.807, 2.05) is 13.8 Å². The van der Waals surface area contributed by atoms with Gasteiger partial charge in [0.2, 0.25) is 0 Å². The Balaban J connectivity index is 0.00000288. The number of benzene rings is 2. The van der Waals surface area contributed by atoms with Gasteiger partial charge in [-0.1, -0.05) is 53.7 Å². The van der Waals surface area contributed by atoms with Crippen LogP contribution in [0.25, 0.3) is 10.8 Å². The van der Waals surface area contributed by atoms with Crippen molar-refractivity contribution in [2.75, 3.05) is 0 Å². The van der Waals surface area contributed by atoms with Crippen LogP contribution in [0.2, 0.25) is 0 Å². The van der Waals surface area contributed by atoms with Crippen molar-refractivity contribution in [1.82, 2.24) is 0 Å². The van der Waals surface area contributed by atoms with Gasteiger partial charge in [0, 0.05) is 0 Å². The Morgan fingerprint density at radius 1 is 0.750 bits per heavy atom. The average molecular weight is 356 g/mol. The van der Waals surface area contributed by atoms with Crippen LogP contribution in [0.1, 0.15) is 76.0 Å². The molecule has 0 atom stereocenters. The van der Waals surface area contributed by atoms with E-state index in [0.29, 0.717) is 11.8 Å². The Kier molecular flexibility index (Phi) is 7.11. The molecule has 0 unspecified atom stereocenters. The van der Waals surface area contributed by atoms with Gasteiger partial charge in [-0.25, -0.2) is 8.42 Å². The fourth-order valence-corrected chi connectivity index (χ4v) is 3.61. The topological polar surface area (TPSA) is 57.2 Å². The van der Waals surface area contributed by atoms with Gasteiger partial charge in [0.05, 0.1) is 4.90 Å². The molecular weight excluding hydrogens is 331 g/mol. The molecule has 5 heteroatoms. The van der Waals surface area contributed by atoms with Gasteiger partial charge in [-0.2, -0.15) is 0 Å². The molecule has 0 aromatic heterocycles. The van der Waals surface area contributed by atoms with Crippen LogP contribution >= 0.6 is 0 Å². The summed E-state index contributed by atoms with van der Waals surface area (Å²) in [7, 11) is -4.46. The van der Waals surface area contributed by atoms with Crippen molar-refractivity contribution in [1.29, 1.82) is 0 Å². The third-order valence-electron chi connectivity index (χ3n) is 4.32. The van der Waals surface area contributed by atoms with Crippen LogP contribution in [0, 0.1) is 0 Å². The molecule has 2 aromatic rings. The summed E-state index contributed by atoms with van der Waals surface area (Å²) in [5, 5.41) is 1.87. The minimum absolute atomic E-state index is 0. The molecule has 24 heavy (non-hydrogen) atoms. The van der Waals surface area contributed by atoms with E-state index in [-0.39, 0.29) is 40.4 Å². The van der Waals surface area contributed by atoms with Gasteiger partial charge in [-0.05, 0) is 57.3 Å². The first-order valence-corrected chi connectivity index (χ1v) is 9.50. The summed E-state index contributed by atoms with van der Waals surface area (Å²) in [6, 6.07) is 7.27. The molecule has 0 N–H and O–H groups in total. The van der Waals surface area contributed by atoms with Crippen LogP contribution in [0.15, 0.2) is 29.2 Å². The van der Waals surface area contributed by atoms with E-state index in [4.69, 9.17) is 0 Å². The van der Waals surface area contributed by atoms with Gasteiger partial charge in [0.1, 0.15) is 10.1 Å². The summed E-state index contributed by atoms with van der Waals surface area (Å²) in [4.78, 5) is -0.138. The SMILES string of the molecule is CC(C)c1cc2cc(S(=O)(=O)[O-])cc(C(C)C)c2cc1C(C)C.[Na+]. The minimum Gasteiger partial charge on any atom is -0.744 e. The Bertz CT molecular complexity index is 837. The maximum absolute atomic E-state index is 11.5. The Labute approximate surface area is 167 Å². The van der Waals surface area contributed by atoms with E-state index in [2.05, 4.69) is 39.8 Å².